The van der Waals surface area contributed by atoms with Crippen LogP contribution in [0.3, 0.4) is 0 Å². The van der Waals surface area contributed by atoms with Gasteiger partial charge in [0.1, 0.15) is 0 Å². The van der Waals surface area contributed by atoms with Crippen LogP contribution in [-0.2, 0) is 6.54 Å². The first-order chi connectivity index (χ1) is 8.58. The summed E-state index contributed by atoms with van der Waals surface area (Å²) in [5.41, 5.74) is 6.39. The number of hydrogen-bond acceptors (Lipinski definition) is 2. The summed E-state index contributed by atoms with van der Waals surface area (Å²) >= 11 is 12.4. The Labute approximate surface area is 117 Å². The first kappa shape index (κ1) is 13.7. The lowest BCUT2D eigenvalue weighted by molar-refractivity contribution is 0.262. The lowest BCUT2D eigenvalue weighted by atomic mass is 10.2. The average Bonchev–Trinajstić information content (AvgIpc) is 3.11. The Morgan fingerprint density at radius 3 is 2.44 bits per heavy atom. The summed E-state index contributed by atoms with van der Waals surface area (Å²) in [4.78, 5) is 2.31. The predicted octanol–water partition coefficient (Wildman–Crippen LogP) is 3.28. The van der Waals surface area contributed by atoms with Crippen molar-refractivity contribution in [3.8, 4) is 0 Å². The topological polar surface area (TPSA) is 53.1 Å². The van der Waals surface area contributed by atoms with Crippen LogP contribution in [0.1, 0.15) is 24.8 Å². The normalized spacial score (nSPS) is 15.1. The lowest BCUT2D eigenvalue weighted by Crippen LogP contribution is -2.29. The Balaban J connectivity index is 2.06. The van der Waals surface area contributed by atoms with Gasteiger partial charge in [-0.05, 0) is 25.0 Å². The molecule has 18 heavy (non-hydrogen) atoms. The smallest absolute Gasteiger partial charge is 0.0918 e. The molecule has 0 atom stereocenters. The molecule has 5 heteroatoms. The fraction of sp³-hybridized carbons (Fsp3) is 0.462. The summed E-state index contributed by atoms with van der Waals surface area (Å²) in [5.74, 6) is 0.228. The number of benzene rings is 1. The van der Waals surface area contributed by atoms with E-state index in [4.69, 9.17) is 34.3 Å². The number of rotatable bonds is 6. The minimum atomic E-state index is 0.228. The zero-order valence-corrected chi connectivity index (χ0v) is 11.6. The van der Waals surface area contributed by atoms with Crippen LogP contribution in [0.5, 0.6) is 0 Å². The molecule has 2 rings (SSSR count). The van der Waals surface area contributed by atoms with Crippen molar-refractivity contribution in [2.45, 2.75) is 31.8 Å². The molecule has 1 aliphatic rings. The third-order valence-corrected chi connectivity index (χ3v) is 3.86. The van der Waals surface area contributed by atoms with Gasteiger partial charge in [-0.2, -0.15) is 0 Å². The maximum Gasteiger partial charge on any atom is 0.0918 e. The number of amidine groups is 1. The minimum Gasteiger partial charge on any atom is -0.388 e. The maximum absolute atomic E-state index is 7.31. The first-order valence-corrected chi connectivity index (χ1v) is 6.83. The number of hydrogen-bond donors (Lipinski definition) is 2. The molecule has 1 aliphatic carbocycles. The number of nitrogens with zero attached hydrogens (tertiary/aromatic N) is 1. The third kappa shape index (κ3) is 3.61. The summed E-state index contributed by atoms with van der Waals surface area (Å²) in [5, 5.41) is 8.72. The second-order valence-electron chi connectivity index (χ2n) is 4.68. The van der Waals surface area contributed by atoms with Gasteiger partial charge in [0, 0.05) is 41.2 Å². The van der Waals surface area contributed by atoms with Crippen LogP contribution in [0.15, 0.2) is 18.2 Å². The van der Waals surface area contributed by atoms with Crippen molar-refractivity contribution >= 4 is 29.0 Å². The van der Waals surface area contributed by atoms with Crippen LogP contribution < -0.4 is 5.73 Å². The summed E-state index contributed by atoms with van der Waals surface area (Å²) in [6.07, 6.45) is 3.01. The summed E-state index contributed by atoms with van der Waals surface area (Å²) < 4.78 is 0. The molecule has 0 aromatic heterocycles. The quantitative estimate of drug-likeness (QED) is 0.623. The minimum absolute atomic E-state index is 0.228. The van der Waals surface area contributed by atoms with Crippen molar-refractivity contribution in [2.75, 3.05) is 6.54 Å². The summed E-state index contributed by atoms with van der Waals surface area (Å²) in [7, 11) is 0. The number of nitrogens with two attached hydrogens (primary N) is 1. The van der Waals surface area contributed by atoms with Gasteiger partial charge < -0.3 is 5.73 Å². The van der Waals surface area contributed by atoms with E-state index in [1.807, 2.05) is 18.2 Å². The van der Waals surface area contributed by atoms with Crippen LogP contribution in [0.2, 0.25) is 10.0 Å². The molecular weight excluding hydrogens is 269 g/mol. The van der Waals surface area contributed by atoms with Crippen molar-refractivity contribution in [3.63, 3.8) is 0 Å². The Hall–Kier alpha value is -0.770. The third-order valence-electron chi connectivity index (χ3n) is 3.15. The van der Waals surface area contributed by atoms with E-state index in [-0.39, 0.29) is 5.84 Å². The van der Waals surface area contributed by atoms with Crippen molar-refractivity contribution in [1.29, 1.82) is 5.41 Å². The van der Waals surface area contributed by atoms with Gasteiger partial charge in [0.05, 0.1) is 5.84 Å². The van der Waals surface area contributed by atoms with Crippen molar-refractivity contribution < 1.29 is 0 Å². The van der Waals surface area contributed by atoms with Crippen molar-refractivity contribution in [3.05, 3.63) is 33.8 Å². The van der Waals surface area contributed by atoms with E-state index < -0.39 is 0 Å². The van der Waals surface area contributed by atoms with Gasteiger partial charge in [-0.1, -0.05) is 29.3 Å². The Kier molecular flexibility index (Phi) is 4.49. The van der Waals surface area contributed by atoms with Gasteiger partial charge in [0.25, 0.3) is 0 Å². The Bertz CT molecular complexity index is 424. The molecule has 0 unspecified atom stereocenters. The molecule has 3 nitrogen and oxygen atoms in total. The molecule has 98 valence electrons. The lowest BCUT2D eigenvalue weighted by Gasteiger charge is -2.22. The SMILES string of the molecule is N=C(N)CCN(Cc1c(Cl)cccc1Cl)C1CC1. The van der Waals surface area contributed by atoms with Crippen molar-refractivity contribution in [2.24, 2.45) is 5.73 Å². The highest BCUT2D eigenvalue weighted by atomic mass is 35.5. The zero-order valence-electron chi connectivity index (χ0n) is 10.1. The van der Waals surface area contributed by atoms with Gasteiger partial charge in [-0.15, -0.1) is 0 Å². The van der Waals surface area contributed by atoms with Crippen LogP contribution >= 0.6 is 23.2 Å². The summed E-state index contributed by atoms with van der Waals surface area (Å²) in [6, 6.07) is 6.17. The van der Waals surface area contributed by atoms with Crippen LogP contribution in [0.4, 0.5) is 0 Å². The predicted molar refractivity (Wildman–Crippen MR) is 76.4 cm³/mol. The van der Waals surface area contributed by atoms with Gasteiger partial charge in [-0.25, -0.2) is 0 Å². The highest BCUT2D eigenvalue weighted by Crippen LogP contribution is 2.32. The first-order valence-electron chi connectivity index (χ1n) is 6.07. The molecule has 1 aromatic rings. The second kappa shape index (κ2) is 5.91. The standard InChI is InChI=1S/C13H17Cl2N3/c14-11-2-1-3-12(15)10(11)8-18(9-4-5-9)7-6-13(16)17/h1-3,9H,4-8H2,(H3,16,17). The van der Waals surface area contributed by atoms with E-state index in [2.05, 4.69) is 4.90 Å². The molecule has 1 aromatic carbocycles. The van der Waals surface area contributed by atoms with Gasteiger partial charge >= 0.3 is 0 Å². The second-order valence-corrected chi connectivity index (χ2v) is 5.49. The molecule has 0 bridgehead atoms. The van der Waals surface area contributed by atoms with E-state index in [9.17, 15) is 0 Å². The van der Waals surface area contributed by atoms with Crippen LogP contribution in [-0.4, -0.2) is 23.3 Å². The molecule has 0 radical (unpaired) electrons. The van der Waals surface area contributed by atoms with Gasteiger partial charge in [0.2, 0.25) is 0 Å². The van der Waals surface area contributed by atoms with Gasteiger partial charge in [0.15, 0.2) is 0 Å². The number of nitrogens with one attached hydrogen (secondary N) is 1. The van der Waals surface area contributed by atoms with Crippen LogP contribution in [0.25, 0.3) is 0 Å². The largest absolute Gasteiger partial charge is 0.388 e. The average molecular weight is 286 g/mol. The molecule has 0 amide bonds. The monoisotopic (exact) mass is 285 g/mol. The molecule has 0 heterocycles. The molecule has 0 saturated heterocycles. The van der Waals surface area contributed by atoms with Crippen LogP contribution in [0, 0.1) is 5.41 Å². The molecule has 1 fully saturated rings. The fourth-order valence-electron chi connectivity index (χ4n) is 1.98. The molecule has 1 saturated carbocycles. The highest BCUT2D eigenvalue weighted by molar-refractivity contribution is 6.35. The Morgan fingerprint density at radius 1 is 1.33 bits per heavy atom. The molecule has 0 spiro atoms. The molecular formula is C13H17Cl2N3. The van der Waals surface area contributed by atoms with E-state index in [0.29, 0.717) is 22.5 Å². The van der Waals surface area contributed by atoms with Gasteiger partial charge in [-0.3, -0.25) is 10.3 Å². The zero-order chi connectivity index (χ0) is 13.1. The van der Waals surface area contributed by atoms with E-state index >= 15 is 0 Å². The maximum atomic E-state index is 7.31. The van der Waals surface area contributed by atoms with Crippen molar-refractivity contribution in [1.82, 2.24) is 4.90 Å². The number of halogens is 2. The Morgan fingerprint density at radius 2 is 1.94 bits per heavy atom. The summed E-state index contributed by atoms with van der Waals surface area (Å²) in [6.45, 7) is 1.53. The molecule has 3 N–H and O–H groups in total. The van der Waals surface area contributed by atoms with E-state index in [1.165, 1.54) is 12.8 Å². The van der Waals surface area contributed by atoms with E-state index in [0.717, 1.165) is 18.7 Å². The fourth-order valence-corrected chi connectivity index (χ4v) is 2.50. The highest BCUT2D eigenvalue weighted by Gasteiger charge is 2.29. The van der Waals surface area contributed by atoms with E-state index in [1.54, 1.807) is 0 Å². The molecule has 0 aliphatic heterocycles.